The number of halogens is 3. The van der Waals surface area contributed by atoms with Gasteiger partial charge in [0.15, 0.2) is 0 Å². The highest BCUT2D eigenvalue weighted by molar-refractivity contribution is 7.90. The first-order valence-electron chi connectivity index (χ1n) is 10.4. The maximum Gasteiger partial charge on any atom is 0.511 e. The van der Waals surface area contributed by atoms with Crippen molar-refractivity contribution >= 4 is 26.5 Å². The number of piperazine rings is 1. The fourth-order valence-corrected chi connectivity index (χ4v) is 4.50. The van der Waals surface area contributed by atoms with Crippen molar-refractivity contribution in [2.45, 2.75) is 31.5 Å². The minimum Gasteiger partial charge on any atom is -0.360 e. The van der Waals surface area contributed by atoms with Crippen molar-refractivity contribution in [3.63, 3.8) is 0 Å². The average molecular weight is 460 g/mol. The van der Waals surface area contributed by atoms with Crippen LogP contribution in [0.1, 0.15) is 19.8 Å². The first kappa shape index (κ1) is 23.8. The summed E-state index contributed by atoms with van der Waals surface area (Å²) in [7, 11) is -5.26. The standard InChI is InChI=1S/C21H28F3N3O3S/c1-2-15-30-20(25-19-8-7-17-5-3-4-6-18(17)16-19)9-10-26-11-13-27(14-12-26)31(28,29)21(22,23)24/h3-8,16,20,25H,2,9-15H2,1H3. The molecule has 1 saturated heterocycles. The maximum absolute atomic E-state index is 12.7. The van der Waals surface area contributed by atoms with Crippen LogP contribution in [0.3, 0.4) is 0 Å². The van der Waals surface area contributed by atoms with Gasteiger partial charge in [-0.2, -0.15) is 17.5 Å². The topological polar surface area (TPSA) is 61.9 Å². The Hall–Kier alpha value is -1.88. The lowest BCUT2D eigenvalue weighted by Gasteiger charge is -2.34. The predicted octanol–water partition coefficient (Wildman–Crippen LogP) is 3.86. The molecule has 1 heterocycles. The molecule has 2 aromatic carbocycles. The fraction of sp³-hybridized carbons (Fsp3) is 0.524. The number of anilines is 1. The van der Waals surface area contributed by atoms with Gasteiger partial charge in [0.2, 0.25) is 0 Å². The molecule has 172 valence electrons. The number of alkyl halides is 3. The van der Waals surface area contributed by atoms with Crippen molar-refractivity contribution < 1.29 is 26.3 Å². The molecule has 1 aliphatic heterocycles. The number of fused-ring (bicyclic) bond motifs is 1. The first-order valence-corrected chi connectivity index (χ1v) is 11.8. The Morgan fingerprint density at radius 1 is 1.06 bits per heavy atom. The van der Waals surface area contributed by atoms with E-state index in [1.165, 1.54) is 0 Å². The molecule has 1 fully saturated rings. The second-order valence-electron chi connectivity index (χ2n) is 7.55. The van der Waals surface area contributed by atoms with Crippen molar-refractivity contribution in [3.05, 3.63) is 42.5 Å². The van der Waals surface area contributed by atoms with Crippen LogP contribution in [0.4, 0.5) is 18.9 Å². The summed E-state index contributed by atoms with van der Waals surface area (Å²) in [5.41, 5.74) is -4.32. The molecule has 1 aliphatic rings. The smallest absolute Gasteiger partial charge is 0.360 e. The quantitative estimate of drug-likeness (QED) is 0.577. The van der Waals surface area contributed by atoms with Crippen LogP contribution in [-0.4, -0.2) is 68.7 Å². The van der Waals surface area contributed by atoms with Crippen LogP contribution in [0.25, 0.3) is 10.8 Å². The highest BCUT2D eigenvalue weighted by atomic mass is 32.2. The second-order valence-corrected chi connectivity index (χ2v) is 9.48. The van der Waals surface area contributed by atoms with Gasteiger partial charge in [-0.1, -0.05) is 37.3 Å². The molecule has 0 radical (unpaired) electrons. The summed E-state index contributed by atoms with van der Waals surface area (Å²) in [6.07, 6.45) is 1.24. The Morgan fingerprint density at radius 2 is 1.74 bits per heavy atom. The van der Waals surface area contributed by atoms with Crippen molar-refractivity contribution in [3.8, 4) is 0 Å². The lowest BCUT2D eigenvalue weighted by molar-refractivity contribution is -0.0500. The highest BCUT2D eigenvalue weighted by Gasteiger charge is 2.50. The molecule has 3 rings (SSSR count). The van der Waals surface area contributed by atoms with Crippen LogP contribution >= 0.6 is 0 Å². The van der Waals surface area contributed by atoms with E-state index in [-0.39, 0.29) is 32.4 Å². The zero-order valence-corrected chi connectivity index (χ0v) is 18.3. The minimum absolute atomic E-state index is 0.166. The Kier molecular flexibility index (Phi) is 7.79. The molecule has 0 aliphatic carbocycles. The number of ether oxygens (including phenoxy) is 1. The number of hydrogen-bond donors (Lipinski definition) is 1. The average Bonchev–Trinajstić information content (AvgIpc) is 2.75. The van der Waals surface area contributed by atoms with Gasteiger partial charge in [-0.25, -0.2) is 8.42 Å². The Morgan fingerprint density at radius 3 is 2.39 bits per heavy atom. The second kappa shape index (κ2) is 10.2. The van der Waals surface area contributed by atoms with Crippen molar-refractivity contribution in [1.82, 2.24) is 9.21 Å². The Labute approximate surface area is 181 Å². The molecule has 0 spiro atoms. The van der Waals surface area contributed by atoms with Gasteiger partial charge >= 0.3 is 15.5 Å². The van der Waals surface area contributed by atoms with Gasteiger partial charge in [0, 0.05) is 51.4 Å². The molecular weight excluding hydrogens is 431 g/mol. The van der Waals surface area contributed by atoms with Crippen LogP contribution in [0.15, 0.2) is 42.5 Å². The SMILES string of the molecule is CCCOC(CCN1CCN(S(=O)(=O)C(F)(F)F)CC1)Nc1ccc2ccccc2c1. The van der Waals surface area contributed by atoms with Gasteiger partial charge in [0.1, 0.15) is 6.23 Å². The first-order chi connectivity index (χ1) is 14.7. The number of benzene rings is 2. The van der Waals surface area contributed by atoms with Crippen molar-refractivity contribution in [1.29, 1.82) is 0 Å². The van der Waals surface area contributed by atoms with E-state index in [9.17, 15) is 21.6 Å². The molecule has 0 aromatic heterocycles. The molecule has 10 heteroatoms. The molecule has 1 unspecified atom stereocenters. The monoisotopic (exact) mass is 459 g/mol. The van der Waals surface area contributed by atoms with Gasteiger partial charge < -0.3 is 15.0 Å². The number of nitrogens with zero attached hydrogens (tertiary/aromatic N) is 2. The van der Waals surface area contributed by atoms with E-state index < -0.39 is 15.5 Å². The number of nitrogens with one attached hydrogen (secondary N) is 1. The lowest BCUT2D eigenvalue weighted by Crippen LogP contribution is -2.52. The molecular formula is C21H28F3N3O3S. The number of hydrogen-bond acceptors (Lipinski definition) is 5. The molecule has 0 amide bonds. The van der Waals surface area contributed by atoms with Crippen molar-refractivity contribution in [2.75, 3.05) is 44.6 Å². The summed E-state index contributed by atoms with van der Waals surface area (Å²) in [6.45, 7) is 3.38. The predicted molar refractivity (Wildman–Crippen MR) is 115 cm³/mol. The van der Waals surface area contributed by atoms with Gasteiger partial charge in [-0.05, 0) is 29.3 Å². The summed E-state index contributed by atoms with van der Waals surface area (Å²) >= 11 is 0. The van der Waals surface area contributed by atoms with Crippen molar-refractivity contribution in [2.24, 2.45) is 0 Å². The Bertz CT molecular complexity index is 961. The number of rotatable bonds is 9. The summed E-state index contributed by atoms with van der Waals surface area (Å²) in [5, 5.41) is 5.65. The molecule has 0 saturated carbocycles. The molecule has 6 nitrogen and oxygen atoms in total. The van der Waals surface area contributed by atoms with Gasteiger partial charge in [0.25, 0.3) is 0 Å². The third-order valence-corrected chi connectivity index (χ3v) is 6.90. The normalized spacial score (nSPS) is 17.7. The summed E-state index contributed by atoms with van der Waals surface area (Å²) < 4.78 is 67.7. The molecule has 2 aromatic rings. The highest BCUT2D eigenvalue weighted by Crippen LogP contribution is 2.27. The van der Waals surface area contributed by atoms with Crippen LogP contribution < -0.4 is 5.32 Å². The summed E-state index contributed by atoms with van der Waals surface area (Å²) in [4.78, 5) is 1.97. The zero-order chi connectivity index (χ0) is 22.5. The fourth-order valence-electron chi connectivity index (χ4n) is 3.56. The van der Waals surface area contributed by atoms with E-state index in [1.54, 1.807) is 0 Å². The summed E-state index contributed by atoms with van der Waals surface area (Å²) in [5.74, 6) is 0. The largest absolute Gasteiger partial charge is 0.511 e. The van der Waals surface area contributed by atoms with Gasteiger partial charge in [-0.3, -0.25) is 0 Å². The third kappa shape index (κ3) is 6.09. The van der Waals surface area contributed by atoms with Gasteiger partial charge in [-0.15, -0.1) is 0 Å². The van der Waals surface area contributed by atoms with E-state index in [0.29, 0.717) is 23.9 Å². The van der Waals surface area contributed by atoms with Crippen LogP contribution in [-0.2, 0) is 14.8 Å². The van der Waals surface area contributed by atoms with E-state index >= 15 is 0 Å². The van der Waals surface area contributed by atoms with Gasteiger partial charge in [0.05, 0.1) is 0 Å². The van der Waals surface area contributed by atoms with E-state index in [1.807, 2.05) is 48.2 Å². The molecule has 31 heavy (non-hydrogen) atoms. The molecule has 1 N–H and O–H groups in total. The van der Waals surface area contributed by atoms with Crippen LogP contribution in [0.5, 0.6) is 0 Å². The van der Waals surface area contributed by atoms with Crippen LogP contribution in [0, 0.1) is 0 Å². The summed E-state index contributed by atoms with van der Waals surface area (Å²) in [6, 6.07) is 14.1. The van der Waals surface area contributed by atoms with Crippen LogP contribution in [0.2, 0.25) is 0 Å². The zero-order valence-electron chi connectivity index (χ0n) is 17.4. The lowest BCUT2D eigenvalue weighted by atomic mass is 10.1. The molecule has 1 atom stereocenters. The third-order valence-electron chi connectivity index (χ3n) is 5.27. The molecule has 0 bridgehead atoms. The van der Waals surface area contributed by atoms with E-state index in [2.05, 4.69) is 11.4 Å². The van der Waals surface area contributed by atoms with E-state index in [4.69, 9.17) is 4.74 Å². The minimum atomic E-state index is -5.26. The Balaban J connectivity index is 1.55. The van der Waals surface area contributed by atoms with E-state index in [0.717, 1.165) is 22.9 Å². The maximum atomic E-state index is 12.7. The number of sulfonamides is 1.